The van der Waals surface area contributed by atoms with Gasteiger partial charge in [0.25, 0.3) is 5.91 Å². The van der Waals surface area contributed by atoms with E-state index >= 15 is 0 Å². The fourth-order valence-electron chi connectivity index (χ4n) is 4.11. The molecule has 1 saturated heterocycles. The van der Waals surface area contributed by atoms with Crippen LogP contribution in [0.15, 0.2) is 42.6 Å². The highest BCUT2D eigenvalue weighted by Crippen LogP contribution is 2.30. The largest absolute Gasteiger partial charge is 0.396 e. The van der Waals surface area contributed by atoms with Crippen LogP contribution in [0.25, 0.3) is 11.1 Å². The molecule has 1 fully saturated rings. The van der Waals surface area contributed by atoms with Crippen LogP contribution >= 0.6 is 0 Å². The molecule has 0 radical (unpaired) electrons. The van der Waals surface area contributed by atoms with E-state index in [-0.39, 0.29) is 24.3 Å². The van der Waals surface area contributed by atoms with Crippen molar-refractivity contribution in [2.75, 3.05) is 53.6 Å². The van der Waals surface area contributed by atoms with Crippen LogP contribution in [0.1, 0.15) is 16.1 Å². The maximum Gasteiger partial charge on any atom is 0.256 e. The van der Waals surface area contributed by atoms with Gasteiger partial charge in [-0.3, -0.25) is 9.78 Å². The van der Waals surface area contributed by atoms with Crippen molar-refractivity contribution in [2.45, 2.75) is 6.92 Å². The number of likely N-dealkylation sites (N-methyl/N-ethyl adjacent to an activating group) is 1. The molecule has 0 spiro atoms. The number of carbonyl (C=O) groups is 1. The highest BCUT2D eigenvalue weighted by molar-refractivity contribution is 6.02. The molecule has 1 N–H and O–H groups in total. The van der Waals surface area contributed by atoms with Gasteiger partial charge in [-0.05, 0) is 37.1 Å². The minimum atomic E-state index is -0.00468. The molecule has 1 aliphatic rings. The number of nitrogens with zero attached hydrogens (tertiary/aromatic N) is 3. The second-order valence-electron chi connectivity index (χ2n) is 7.85. The number of carbonyl (C=O) groups excluding carboxylic acids is 1. The molecule has 3 rings (SSSR count). The minimum absolute atomic E-state index is 0.00468. The number of ether oxygens (including phenoxy) is 1. The number of aliphatic hydroxyl groups excluding tert-OH is 1. The van der Waals surface area contributed by atoms with Crippen molar-refractivity contribution in [3.63, 3.8) is 0 Å². The zero-order chi connectivity index (χ0) is 20.8. The zero-order valence-electron chi connectivity index (χ0n) is 17.5. The Balaban J connectivity index is 1.81. The summed E-state index contributed by atoms with van der Waals surface area (Å²) in [7, 11) is 3.75. The average molecular weight is 398 g/mol. The third kappa shape index (κ3) is 5.01. The Morgan fingerprint density at radius 3 is 2.66 bits per heavy atom. The SMILES string of the molecule is COCCN(C)C[C@@H]1CN(C(=O)c2c(-c3ccccc3)ccnc2C)C[C@@H]1CO. The van der Waals surface area contributed by atoms with Crippen molar-refractivity contribution in [2.24, 2.45) is 11.8 Å². The summed E-state index contributed by atoms with van der Waals surface area (Å²) in [5, 5.41) is 9.89. The van der Waals surface area contributed by atoms with Crippen molar-refractivity contribution >= 4 is 5.91 Å². The molecule has 1 aromatic heterocycles. The van der Waals surface area contributed by atoms with Gasteiger partial charge >= 0.3 is 0 Å². The van der Waals surface area contributed by atoms with Crippen LogP contribution < -0.4 is 0 Å². The summed E-state index contributed by atoms with van der Waals surface area (Å²) in [6.07, 6.45) is 1.75. The molecular weight excluding hydrogens is 366 g/mol. The summed E-state index contributed by atoms with van der Waals surface area (Å²) < 4.78 is 5.15. The summed E-state index contributed by atoms with van der Waals surface area (Å²) in [6.45, 7) is 5.52. The Labute approximate surface area is 173 Å². The maximum atomic E-state index is 13.5. The Hall–Kier alpha value is -2.28. The first-order valence-electron chi connectivity index (χ1n) is 10.1. The van der Waals surface area contributed by atoms with E-state index in [9.17, 15) is 9.90 Å². The molecule has 0 aliphatic carbocycles. The number of pyridine rings is 1. The van der Waals surface area contributed by atoms with Crippen LogP contribution in [0, 0.1) is 18.8 Å². The van der Waals surface area contributed by atoms with Gasteiger partial charge in [-0.25, -0.2) is 0 Å². The topological polar surface area (TPSA) is 65.9 Å². The second kappa shape index (κ2) is 9.96. The molecule has 6 nitrogen and oxygen atoms in total. The summed E-state index contributed by atoms with van der Waals surface area (Å²) in [5.41, 5.74) is 3.31. The lowest BCUT2D eigenvalue weighted by molar-refractivity contribution is 0.0778. The molecule has 156 valence electrons. The van der Waals surface area contributed by atoms with E-state index in [0.29, 0.717) is 25.3 Å². The Morgan fingerprint density at radius 1 is 1.24 bits per heavy atom. The first kappa shape index (κ1) is 21.4. The van der Waals surface area contributed by atoms with Gasteiger partial charge in [0.15, 0.2) is 0 Å². The summed E-state index contributed by atoms with van der Waals surface area (Å²) in [6, 6.07) is 11.9. The van der Waals surface area contributed by atoms with Crippen LogP contribution in [0.3, 0.4) is 0 Å². The van der Waals surface area contributed by atoms with E-state index < -0.39 is 0 Å². The van der Waals surface area contributed by atoms with Crippen LogP contribution in [-0.2, 0) is 4.74 Å². The van der Waals surface area contributed by atoms with Gasteiger partial charge in [0.2, 0.25) is 0 Å². The molecule has 0 saturated carbocycles. The van der Waals surface area contributed by atoms with Crippen molar-refractivity contribution in [1.29, 1.82) is 0 Å². The highest BCUT2D eigenvalue weighted by Gasteiger charge is 2.36. The van der Waals surface area contributed by atoms with Gasteiger partial charge in [0.1, 0.15) is 0 Å². The first-order chi connectivity index (χ1) is 14.0. The second-order valence-corrected chi connectivity index (χ2v) is 7.85. The van der Waals surface area contributed by atoms with Crippen molar-refractivity contribution in [3.05, 3.63) is 53.9 Å². The lowest BCUT2D eigenvalue weighted by atomic mass is 9.96. The Morgan fingerprint density at radius 2 is 1.97 bits per heavy atom. The molecule has 1 amide bonds. The maximum absolute atomic E-state index is 13.5. The lowest BCUT2D eigenvalue weighted by Crippen LogP contribution is -2.34. The van der Waals surface area contributed by atoms with Gasteiger partial charge in [-0.1, -0.05) is 30.3 Å². The number of rotatable bonds is 8. The molecule has 2 heterocycles. The fraction of sp³-hybridized carbons (Fsp3) is 0.478. The van der Waals surface area contributed by atoms with Crippen molar-refractivity contribution < 1.29 is 14.6 Å². The lowest BCUT2D eigenvalue weighted by Gasteiger charge is -2.23. The van der Waals surface area contributed by atoms with Crippen LogP contribution in [0.2, 0.25) is 0 Å². The number of aromatic nitrogens is 1. The number of hydrogen-bond acceptors (Lipinski definition) is 5. The number of methoxy groups -OCH3 is 1. The third-order valence-electron chi connectivity index (χ3n) is 5.76. The van der Waals surface area contributed by atoms with Crippen LogP contribution in [0.5, 0.6) is 0 Å². The third-order valence-corrected chi connectivity index (χ3v) is 5.76. The predicted octanol–water partition coefficient (Wildman–Crippen LogP) is 2.32. The van der Waals surface area contributed by atoms with Crippen LogP contribution in [-0.4, -0.2) is 79.3 Å². The molecule has 2 aromatic rings. The molecule has 2 atom stereocenters. The Bertz CT molecular complexity index is 812. The van der Waals surface area contributed by atoms with Gasteiger partial charge in [-0.2, -0.15) is 0 Å². The normalized spacial score (nSPS) is 19.1. The minimum Gasteiger partial charge on any atom is -0.396 e. The predicted molar refractivity (Wildman–Crippen MR) is 114 cm³/mol. The van der Waals surface area contributed by atoms with Gasteiger partial charge in [0.05, 0.1) is 17.9 Å². The van der Waals surface area contributed by atoms with Crippen molar-refractivity contribution in [1.82, 2.24) is 14.8 Å². The van der Waals surface area contributed by atoms with E-state index in [1.165, 1.54) is 0 Å². The number of hydrogen-bond donors (Lipinski definition) is 1. The van der Waals surface area contributed by atoms with E-state index in [4.69, 9.17) is 4.74 Å². The fourth-order valence-corrected chi connectivity index (χ4v) is 4.11. The van der Waals surface area contributed by atoms with E-state index in [0.717, 1.165) is 29.9 Å². The molecule has 1 aromatic carbocycles. The summed E-state index contributed by atoms with van der Waals surface area (Å²) in [5.74, 6) is 0.319. The van der Waals surface area contributed by atoms with Gasteiger partial charge in [-0.15, -0.1) is 0 Å². The van der Waals surface area contributed by atoms with Crippen molar-refractivity contribution in [3.8, 4) is 11.1 Å². The zero-order valence-corrected chi connectivity index (χ0v) is 17.5. The summed E-state index contributed by atoms with van der Waals surface area (Å²) >= 11 is 0. The molecule has 29 heavy (non-hydrogen) atoms. The number of benzene rings is 1. The van der Waals surface area contributed by atoms with Crippen LogP contribution in [0.4, 0.5) is 0 Å². The molecule has 0 unspecified atom stereocenters. The monoisotopic (exact) mass is 397 g/mol. The molecule has 0 bridgehead atoms. The van der Waals surface area contributed by atoms with E-state index in [2.05, 4.69) is 16.9 Å². The molecule has 6 heteroatoms. The van der Waals surface area contributed by atoms with Gasteiger partial charge < -0.3 is 19.6 Å². The highest BCUT2D eigenvalue weighted by atomic mass is 16.5. The summed E-state index contributed by atoms with van der Waals surface area (Å²) in [4.78, 5) is 22.0. The molecule has 1 aliphatic heterocycles. The van der Waals surface area contributed by atoms with E-state index in [1.807, 2.05) is 48.2 Å². The average Bonchev–Trinajstić information content (AvgIpc) is 3.15. The quantitative estimate of drug-likeness (QED) is 0.741. The number of aryl methyl sites for hydroxylation is 1. The Kier molecular flexibility index (Phi) is 7.36. The number of aliphatic hydroxyl groups is 1. The smallest absolute Gasteiger partial charge is 0.256 e. The van der Waals surface area contributed by atoms with E-state index in [1.54, 1.807) is 13.3 Å². The standard InChI is InChI=1S/C23H31N3O3/c1-17-22(21(9-10-24-17)18-7-5-4-6-8-18)23(28)26-14-19(20(15-26)16-27)13-25(2)11-12-29-3/h4-10,19-20,27H,11-16H2,1-3H3/t19-,20-/m1/s1. The van der Waals surface area contributed by atoms with Gasteiger partial charge in [0, 0.05) is 52.0 Å². The number of amides is 1. The molecular formula is C23H31N3O3. The first-order valence-corrected chi connectivity index (χ1v) is 10.1. The number of likely N-dealkylation sites (tertiary alicyclic amines) is 1.